The molecule has 0 heterocycles. The predicted octanol–water partition coefficient (Wildman–Crippen LogP) is 5.52. The van der Waals surface area contributed by atoms with Crippen molar-refractivity contribution < 1.29 is 0 Å². The van der Waals surface area contributed by atoms with Gasteiger partial charge in [-0.2, -0.15) is 0 Å². The topological polar surface area (TPSA) is 0 Å². The fourth-order valence-electron chi connectivity index (χ4n) is 0.787. The summed E-state index contributed by atoms with van der Waals surface area (Å²) >= 11 is 13.4. The molecule has 0 aliphatic rings. The van der Waals surface area contributed by atoms with Gasteiger partial charge in [0.25, 0.3) is 0 Å². The third-order valence-electron chi connectivity index (χ3n) is 1.36. The van der Waals surface area contributed by atoms with Gasteiger partial charge in [0.1, 0.15) is 0 Å². The highest BCUT2D eigenvalue weighted by Crippen LogP contribution is 2.27. The standard InChI is InChI=1S/C9H10Cl2S.C2H6/c1-2-5-12-7-3-4-8(10)9(11)6-7;1-2/h3-4,6H,2,5H2,1H3;1-2H3. The molecule has 0 aliphatic heterocycles. The Balaban J connectivity index is 0.000000791. The van der Waals surface area contributed by atoms with Gasteiger partial charge in [0.15, 0.2) is 0 Å². The van der Waals surface area contributed by atoms with Gasteiger partial charge in [0, 0.05) is 4.90 Å². The van der Waals surface area contributed by atoms with Crippen LogP contribution in [0.25, 0.3) is 0 Å². The lowest BCUT2D eigenvalue weighted by atomic mass is 10.4. The molecule has 3 heteroatoms. The first-order chi connectivity index (χ1) is 6.74. The van der Waals surface area contributed by atoms with Gasteiger partial charge in [-0.1, -0.05) is 44.0 Å². The molecule has 0 bridgehead atoms. The van der Waals surface area contributed by atoms with Gasteiger partial charge in [0.2, 0.25) is 0 Å². The molecule has 0 radical (unpaired) electrons. The number of rotatable bonds is 3. The first-order valence-electron chi connectivity index (χ1n) is 4.82. The summed E-state index contributed by atoms with van der Waals surface area (Å²) in [5, 5.41) is 1.26. The quantitative estimate of drug-likeness (QED) is 0.637. The van der Waals surface area contributed by atoms with Gasteiger partial charge in [-0.25, -0.2) is 0 Å². The van der Waals surface area contributed by atoms with E-state index in [2.05, 4.69) is 6.92 Å². The van der Waals surface area contributed by atoms with Gasteiger partial charge in [-0.05, 0) is 30.4 Å². The van der Waals surface area contributed by atoms with Crippen molar-refractivity contribution in [3.8, 4) is 0 Å². The van der Waals surface area contributed by atoms with E-state index in [1.807, 2.05) is 32.0 Å². The zero-order valence-electron chi connectivity index (χ0n) is 8.81. The van der Waals surface area contributed by atoms with Crippen molar-refractivity contribution >= 4 is 35.0 Å². The van der Waals surface area contributed by atoms with Crippen LogP contribution in [-0.4, -0.2) is 5.75 Å². The van der Waals surface area contributed by atoms with Crippen molar-refractivity contribution in [2.45, 2.75) is 32.1 Å². The lowest BCUT2D eigenvalue weighted by Gasteiger charge is -2.00. The normalized spacial score (nSPS) is 9.21. The van der Waals surface area contributed by atoms with Crippen molar-refractivity contribution in [3.63, 3.8) is 0 Å². The Morgan fingerprint density at radius 3 is 2.29 bits per heavy atom. The van der Waals surface area contributed by atoms with E-state index in [1.165, 1.54) is 11.3 Å². The maximum absolute atomic E-state index is 5.85. The summed E-state index contributed by atoms with van der Waals surface area (Å²) in [6.07, 6.45) is 1.17. The van der Waals surface area contributed by atoms with E-state index in [0.717, 1.165) is 5.75 Å². The first kappa shape index (κ1) is 14.2. The van der Waals surface area contributed by atoms with Crippen LogP contribution in [0, 0.1) is 0 Å². The third-order valence-corrected chi connectivity index (χ3v) is 3.30. The van der Waals surface area contributed by atoms with Crippen molar-refractivity contribution in [3.05, 3.63) is 28.2 Å². The summed E-state index contributed by atoms with van der Waals surface area (Å²) in [6.45, 7) is 6.16. The minimum atomic E-state index is 0.623. The average Bonchev–Trinajstić information content (AvgIpc) is 2.23. The summed E-state index contributed by atoms with van der Waals surface area (Å²) in [6, 6.07) is 5.74. The Morgan fingerprint density at radius 2 is 1.79 bits per heavy atom. The lowest BCUT2D eigenvalue weighted by Crippen LogP contribution is -1.76. The molecule has 0 N–H and O–H groups in total. The van der Waals surface area contributed by atoms with Crippen LogP contribution < -0.4 is 0 Å². The molecule has 0 aliphatic carbocycles. The van der Waals surface area contributed by atoms with Crippen LogP contribution in [0.4, 0.5) is 0 Å². The SMILES string of the molecule is CC.CCCSc1ccc(Cl)c(Cl)c1. The van der Waals surface area contributed by atoms with Crippen LogP contribution in [0.3, 0.4) is 0 Å². The summed E-state index contributed by atoms with van der Waals surface area (Å²) in [7, 11) is 0. The number of hydrogen-bond acceptors (Lipinski definition) is 1. The van der Waals surface area contributed by atoms with E-state index in [1.54, 1.807) is 11.8 Å². The molecular formula is C11H16Cl2S. The van der Waals surface area contributed by atoms with Crippen LogP contribution >= 0.6 is 35.0 Å². The average molecular weight is 251 g/mol. The molecule has 1 aromatic rings. The van der Waals surface area contributed by atoms with Crippen LogP contribution in [0.2, 0.25) is 10.0 Å². The van der Waals surface area contributed by atoms with Crippen LogP contribution in [0.5, 0.6) is 0 Å². The minimum absolute atomic E-state index is 0.623. The Hall–Kier alpha value is 0.150. The second-order valence-electron chi connectivity index (χ2n) is 2.42. The maximum atomic E-state index is 5.85. The summed E-state index contributed by atoms with van der Waals surface area (Å²) in [5.74, 6) is 1.12. The zero-order valence-corrected chi connectivity index (χ0v) is 11.1. The van der Waals surface area contributed by atoms with Gasteiger partial charge in [-0.3, -0.25) is 0 Å². The van der Waals surface area contributed by atoms with Crippen molar-refractivity contribution in [1.29, 1.82) is 0 Å². The van der Waals surface area contributed by atoms with E-state index in [4.69, 9.17) is 23.2 Å². The summed E-state index contributed by atoms with van der Waals surface area (Å²) in [5.41, 5.74) is 0. The van der Waals surface area contributed by atoms with E-state index in [-0.39, 0.29) is 0 Å². The third kappa shape index (κ3) is 5.14. The molecule has 80 valence electrons. The van der Waals surface area contributed by atoms with E-state index < -0.39 is 0 Å². The molecule has 1 aromatic carbocycles. The van der Waals surface area contributed by atoms with Crippen LogP contribution in [0.1, 0.15) is 27.2 Å². The van der Waals surface area contributed by atoms with Crippen LogP contribution in [0.15, 0.2) is 23.1 Å². The fourth-order valence-corrected chi connectivity index (χ4v) is 1.95. The molecule has 14 heavy (non-hydrogen) atoms. The number of benzene rings is 1. The van der Waals surface area contributed by atoms with E-state index in [9.17, 15) is 0 Å². The Morgan fingerprint density at radius 1 is 1.14 bits per heavy atom. The molecule has 0 aromatic heterocycles. The predicted molar refractivity (Wildman–Crippen MR) is 68.8 cm³/mol. The highest BCUT2D eigenvalue weighted by atomic mass is 35.5. The number of hydrogen-bond donors (Lipinski definition) is 0. The molecule has 0 unspecified atom stereocenters. The van der Waals surface area contributed by atoms with E-state index in [0.29, 0.717) is 10.0 Å². The van der Waals surface area contributed by atoms with Gasteiger partial charge in [-0.15, -0.1) is 11.8 Å². The zero-order chi connectivity index (χ0) is 11.0. The van der Waals surface area contributed by atoms with E-state index >= 15 is 0 Å². The van der Waals surface area contributed by atoms with Crippen molar-refractivity contribution in [2.75, 3.05) is 5.75 Å². The second kappa shape index (κ2) is 8.46. The van der Waals surface area contributed by atoms with Crippen LogP contribution in [-0.2, 0) is 0 Å². The highest BCUT2D eigenvalue weighted by molar-refractivity contribution is 7.99. The van der Waals surface area contributed by atoms with Crippen molar-refractivity contribution in [2.24, 2.45) is 0 Å². The number of halogens is 2. The number of thioether (sulfide) groups is 1. The molecule has 0 saturated carbocycles. The summed E-state index contributed by atoms with van der Waals surface area (Å²) < 4.78 is 0. The van der Waals surface area contributed by atoms with Gasteiger partial charge >= 0.3 is 0 Å². The Kier molecular flexibility index (Phi) is 8.55. The Labute approximate surface area is 101 Å². The molecule has 0 nitrogen and oxygen atoms in total. The molecule has 0 spiro atoms. The van der Waals surface area contributed by atoms with Gasteiger partial charge in [0.05, 0.1) is 10.0 Å². The fraction of sp³-hybridized carbons (Fsp3) is 0.455. The highest BCUT2D eigenvalue weighted by Gasteiger charge is 1.98. The molecule has 0 atom stereocenters. The largest absolute Gasteiger partial charge is 0.126 e. The minimum Gasteiger partial charge on any atom is -0.126 e. The maximum Gasteiger partial charge on any atom is 0.0603 e. The molecule has 0 amide bonds. The second-order valence-corrected chi connectivity index (χ2v) is 4.41. The monoisotopic (exact) mass is 250 g/mol. The smallest absolute Gasteiger partial charge is 0.0603 e. The van der Waals surface area contributed by atoms with Gasteiger partial charge < -0.3 is 0 Å². The molecule has 0 saturated heterocycles. The lowest BCUT2D eigenvalue weighted by molar-refractivity contribution is 1.10. The Bertz CT molecular complexity index is 261. The summed E-state index contributed by atoms with van der Waals surface area (Å²) in [4.78, 5) is 1.19. The molecule has 0 fully saturated rings. The molecular weight excluding hydrogens is 235 g/mol. The molecule has 1 rings (SSSR count). The first-order valence-corrected chi connectivity index (χ1v) is 6.56. The van der Waals surface area contributed by atoms with Crippen molar-refractivity contribution in [1.82, 2.24) is 0 Å².